The molecule has 0 amide bonds. The van der Waals surface area contributed by atoms with Crippen LogP contribution in [0.4, 0.5) is 0 Å². The molecule has 3 aromatic rings. The number of benzene rings is 1. The summed E-state index contributed by atoms with van der Waals surface area (Å²) in [4.78, 5) is 4.20. The van der Waals surface area contributed by atoms with Crippen molar-refractivity contribution in [3.05, 3.63) is 65.1 Å². The van der Waals surface area contributed by atoms with Crippen molar-refractivity contribution >= 4 is 10.9 Å². The molecule has 0 bridgehead atoms. The van der Waals surface area contributed by atoms with Crippen LogP contribution in [0.5, 0.6) is 0 Å². The van der Waals surface area contributed by atoms with Gasteiger partial charge in [-0.2, -0.15) is 0 Å². The van der Waals surface area contributed by atoms with E-state index in [2.05, 4.69) is 41.7 Å². The van der Waals surface area contributed by atoms with Crippen LogP contribution in [0.2, 0.25) is 0 Å². The van der Waals surface area contributed by atoms with Gasteiger partial charge in [0.1, 0.15) is 0 Å². The number of hydrogen-bond acceptors (Lipinski definition) is 2. The van der Waals surface area contributed by atoms with E-state index in [4.69, 9.17) is 0 Å². The van der Waals surface area contributed by atoms with E-state index in [9.17, 15) is 5.11 Å². The van der Waals surface area contributed by atoms with Crippen molar-refractivity contribution in [3.8, 4) is 0 Å². The van der Waals surface area contributed by atoms with Crippen LogP contribution in [-0.4, -0.2) is 14.7 Å². The average Bonchev–Trinajstić information content (AvgIpc) is 2.77. The molecule has 4 rings (SSSR count). The van der Waals surface area contributed by atoms with Crippen LogP contribution in [0.3, 0.4) is 0 Å². The number of aromatic nitrogens is 2. The largest absolute Gasteiger partial charge is 0.385 e. The fourth-order valence-electron chi connectivity index (χ4n) is 4.74. The van der Waals surface area contributed by atoms with Gasteiger partial charge < -0.3 is 9.67 Å². The van der Waals surface area contributed by atoms with Gasteiger partial charge >= 0.3 is 0 Å². The zero-order valence-electron chi connectivity index (χ0n) is 16.0. The molecule has 0 radical (unpaired) electrons. The second kappa shape index (κ2) is 6.55. The Morgan fingerprint density at radius 3 is 2.88 bits per heavy atom. The van der Waals surface area contributed by atoms with E-state index in [1.54, 1.807) is 12.4 Å². The van der Waals surface area contributed by atoms with Gasteiger partial charge in [0, 0.05) is 47.5 Å². The third kappa shape index (κ3) is 2.95. The van der Waals surface area contributed by atoms with Gasteiger partial charge in [-0.1, -0.05) is 24.1 Å². The van der Waals surface area contributed by atoms with Crippen LogP contribution in [0.25, 0.3) is 10.9 Å². The van der Waals surface area contributed by atoms with Gasteiger partial charge in [0.2, 0.25) is 0 Å². The number of aliphatic hydroxyl groups is 1. The minimum absolute atomic E-state index is 0.361. The Labute approximate surface area is 155 Å². The maximum absolute atomic E-state index is 11.2. The lowest BCUT2D eigenvalue weighted by Gasteiger charge is -2.29. The summed E-state index contributed by atoms with van der Waals surface area (Å²) in [6.07, 6.45) is 9.00. The number of pyridine rings is 1. The van der Waals surface area contributed by atoms with E-state index in [1.165, 1.54) is 40.6 Å². The normalized spacial score (nSPS) is 19.8. The predicted octanol–water partition coefficient (Wildman–Crippen LogP) is 4.99. The Balaban J connectivity index is 1.79. The Morgan fingerprint density at radius 2 is 2.12 bits per heavy atom. The van der Waals surface area contributed by atoms with E-state index in [1.807, 2.05) is 19.1 Å². The minimum atomic E-state index is -0.868. The molecule has 1 aromatic carbocycles. The summed E-state index contributed by atoms with van der Waals surface area (Å²) in [6.45, 7) is 4.10. The molecule has 0 aliphatic heterocycles. The lowest BCUT2D eigenvalue weighted by Crippen LogP contribution is -2.25. The summed E-state index contributed by atoms with van der Waals surface area (Å²) in [7, 11) is 2.19. The van der Waals surface area contributed by atoms with Gasteiger partial charge in [-0.05, 0) is 63.3 Å². The summed E-state index contributed by atoms with van der Waals surface area (Å²) >= 11 is 0. The van der Waals surface area contributed by atoms with Crippen LogP contribution in [0.1, 0.15) is 60.9 Å². The van der Waals surface area contributed by atoms with Gasteiger partial charge in [-0.25, -0.2) is 0 Å². The van der Waals surface area contributed by atoms with Crippen molar-refractivity contribution in [2.45, 2.75) is 57.5 Å². The molecule has 2 heterocycles. The zero-order chi connectivity index (χ0) is 18.3. The first-order valence-corrected chi connectivity index (χ1v) is 9.68. The molecule has 0 saturated carbocycles. The predicted molar refractivity (Wildman–Crippen MR) is 106 cm³/mol. The molecule has 26 heavy (non-hydrogen) atoms. The molecule has 2 aromatic heterocycles. The summed E-state index contributed by atoms with van der Waals surface area (Å²) in [5, 5.41) is 12.6. The first-order valence-electron chi connectivity index (χ1n) is 9.68. The fourth-order valence-corrected chi connectivity index (χ4v) is 4.74. The molecular weight excluding hydrogens is 320 g/mol. The highest BCUT2D eigenvalue weighted by Gasteiger charge is 2.32. The van der Waals surface area contributed by atoms with Crippen LogP contribution < -0.4 is 0 Å². The molecule has 2 atom stereocenters. The number of hydrogen-bond donors (Lipinski definition) is 1. The third-order valence-corrected chi connectivity index (χ3v) is 6.05. The second-order valence-corrected chi connectivity index (χ2v) is 8.11. The fraction of sp³-hybridized carbons (Fsp3) is 0.435. The Morgan fingerprint density at radius 1 is 1.27 bits per heavy atom. The molecule has 136 valence electrons. The molecule has 1 aliphatic rings. The van der Waals surface area contributed by atoms with Crippen LogP contribution in [-0.2, 0) is 19.1 Å². The molecular formula is C23H28N2O. The summed E-state index contributed by atoms with van der Waals surface area (Å²) in [5.74, 6) is 0.361. The third-order valence-electron chi connectivity index (χ3n) is 6.05. The number of fused-ring (bicyclic) bond motifs is 3. The van der Waals surface area contributed by atoms with Crippen molar-refractivity contribution in [3.63, 3.8) is 0 Å². The van der Waals surface area contributed by atoms with Crippen molar-refractivity contribution in [2.75, 3.05) is 0 Å². The highest BCUT2D eigenvalue weighted by Crippen LogP contribution is 2.42. The maximum atomic E-state index is 11.2. The second-order valence-electron chi connectivity index (χ2n) is 8.11. The highest BCUT2D eigenvalue weighted by molar-refractivity contribution is 5.86. The summed E-state index contributed by atoms with van der Waals surface area (Å²) in [5.41, 5.74) is 5.58. The minimum Gasteiger partial charge on any atom is -0.385 e. The summed E-state index contributed by atoms with van der Waals surface area (Å²) < 4.78 is 2.37. The van der Waals surface area contributed by atoms with Crippen molar-refractivity contribution in [1.82, 2.24) is 9.55 Å². The highest BCUT2D eigenvalue weighted by atomic mass is 16.3. The Hall–Kier alpha value is -2.13. The molecule has 1 N–H and O–H groups in total. The monoisotopic (exact) mass is 348 g/mol. The maximum Gasteiger partial charge on any atom is 0.0889 e. The number of nitrogens with zero attached hydrogens (tertiary/aromatic N) is 2. The molecule has 2 unspecified atom stereocenters. The topological polar surface area (TPSA) is 38.0 Å². The Bertz CT molecular complexity index is 924. The van der Waals surface area contributed by atoms with E-state index < -0.39 is 5.60 Å². The molecule has 0 spiro atoms. The van der Waals surface area contributed by atoms with Gasteiger partial charge in [0.15, 0.2) is 0 Å². The Kier molecular flexibility index (Phi) is 4.36. The lowest BCUT2D eigenvalue weighted by atomic mass is 9.83. The van der Waals surface area contributed by atoms with E-state index >= 15 is 0 Å². The van der Waals surface area contributed by atoms with E-state index in [0.29, 0.717) is 5.92 Å². The smallest absolute Gasteiger partial charge is 0.0889 e. The van der Waals surface area contributed by atoms with Gasteiger partial charge in [-0.15, -0.1) is 0 Å². The quantitative estimate of drug-likeness (QED) is 0.677. The molecule has 0 saturated heterocycles. The van der Waals surface area contributed by atoms with Crippen molar-refractivity contribution < 1.29 is 5.11 Å². The van der Waals surface area contributed by atoms with Gasteiger partial charge in [-0.3, -0.25) is 4.98 Å². The number of aryl methyl sites for hydroxylation is 3. The van der Waals surface area contributed by atoms with E-state index in [-0.39, 0.29) is 0 Å². The van der Waals surface area contributed by atoms with Crippen LogP contribution in [0.15, 0.2) is 42.7 Å². The van der Waals surface area contributed by atoms with Crippen molar-refractivity contribution in [2.24, 2.45) is 7.05 Å². The molecule has 3 heteroatoms. The number of rotatable bonds is 3. The standard InChI is InChI=1S/C23H28N2O/c1-16-10-11-21-20(13-16)19-9-5-4-7-17(22(19)25(21)3)14-23(2,26)18-8-6-12-24-15-18/h6,8,10-13,15,17,26H,4-5,7,9,14H2,1-3H3. The first-order chi connectivity index (χ1) is 12.5. The summed E-state index contributed by atoms with van der Waals surface area (Å²) in [6, 6.07) is 10.7. The SMILES string of the molecule is Cc1ccc2c(c1)c1c(n2C)C(CC(C)(O)c2cccnc2)CCCC1. The van der Waals surface area contributed by atoms with Crippen molar-refractivity contribution in [1.29, 1.82) is 0 Å². The molecule has 3 nitrogen and oxygen atoms in total. The first kappa shape index (κ1) is 17.3. The van der Waals surface area contributed by atoms with Gasteiger partial charge in [0.25, 0.3) is 0 Å². The average molecular weight is 348 g/mol. The molecule has 0 fully saturated rings. The van der Waals surface area contributed by atoms with Crippen LogP contribution in [0, 0.1) is 6.92 Å². The van der Waals surface area contributed by atoms with Crippen LogP contribution >= 0.6 is 0 Å². The lowest BCUT2D eigenvalue weighted by molar-refractivity contribution is 0.0379. The zero-order valence-corrected chi connectivity index (χ0v) is 16.0. The molecule has 1 aliphatic carbocycles. The van der Waals surface area contributed by atoms with Gasteiger partial charge in [0.05, 0.1) is 5.60 Å². The van der Waals surface area contributed by atoms with E-state index in [0.717, 1.165) is 24.8 Å².